The zero-order valence-corrected chi connectivity index (χ0v) is 15.5. The Morgan fingerprint density at radius 1 is 1.38 bits per heavy atom. The summed E-state index contributed by atoms with van der Waals surface area (Å²) in [6, 6.07) is 0. The van der Waals surface area contributed by atoms with E-state index >= 15 is 0 Å². The highest BCUT2D eigenvalue weighted by molar-refractivity contribution is 8.00. The van der Waals surface area contributed by atoms with Crippen LogP contribution in [0.2, 0.25) is 0 Å². The molecular weight excluding hydrogens is 344 g/mol. The van der Waals surface area contributed by atoms with Crippen molar-refractivity contribution >= 4 is 39.3 Å². The molecule has 1 atom stereocenters. The summed E-state index contributed by atoms with van der Waals surface area (Å²) in [7, 11) is 0. The Labute approximate surface area is 148 Å². The van der Waals surface area contributed by atoms with E-state index in [1.807, 2.05) is 0 Å². The van der Waals surface area contributed by atoms with E-state index in [1.165, 1.54) is 22.2 Å². The number of nitrogens with zero attached hydrogens (tertiary/aromatic N) is 2. The number of carbonyl (C=O) groups is 1. The van der Waals surface area contributed by atoms with Crippen molar-refractivity contribution in [3.05, 3.63) is 20.8 Å². The molecule has 0 radical (unpaired) electrons. The minimum absolute atomic E-state index is 0.0574. The van der Waals surface area contributed by atoms with Gasteiger partial charge in [0.05, 0.1) is 12.0 Å². The molecule has 1 fully saturated rings. The molecule has 1 aliphatic heterocycles. The van der Waals surface area contributed by atoms with Gasteiger partial charge < -0.3 is 4.74 Å². The van der Waals surface area contributed by atoms with Gasteiger partial charge in [0.25, 0.3) is 5.56 Å². The molecule has 1 aliphatic carbocycles. The van der Waals surface area contributed by atoms with Gasteiger partial charge in [0, 0.05) is 17.8 Å². The Bertz CT molecular complexity index is 869. The zero-order chi connectivity index (χ0) is 16.8. The molecule has 5 nitrogen and oxygen atoms in total. The van der Waals surface area contributed by atoms with Gasteiger partial charge in [-0.3, -0.25) is 14.2 Å². The summed E-state index contributed by atoms with van der Waals surface area (Å²) in [5, 5.41) is 1.22. The van der Waals surface area contributed by atoms with Gasteiger partial charge in [-0.1, -0.05) is 25.6 Å². The number of fused-ring (bicyclic) bond motifs is 3. The number of rotatable bonds is 4. The lowest BCUT2D eigenvalue weighted by Gasteiger charge is -2.15. The van der Waals surface area contributed by atoms with E-state index in [-0.39, 0.29) is 16.8 Å². The van der Waals surface area contributed by atoms with Crippen LogP contribution in [-0.2, 0) is 28.9 Å². The van der Waals surface area contributed by atoms with Gasteiger partial charge in [0.1, 0.15) is 10.1 Å². The van der Waals surface area contributed by atoms with Crippen LogP contribution in [0.4, 0.5) is 0 Å². The van der Waals surface area contributed by atoms with Crippen molar-refractivity contribution in [3.8, 4) is 0 Å². The molecule has 2 aliphatic rings. The first kappa shape index (κ1) is 16.1. The Morgan fingerprint density at radius 3 is 2.92 bits per heavy atom. The number of ether oxygens (including phenoxy) is 1. The predicted octanol–water partition coefficient (Wildman–Crippen LogP) is 3.01. The molecule has 0 spiro atoms. The van der Waals surface area contributed by atoms with E-state index in [9.17, 15) is 9.59 Å². The van der Waals surface area contributed by atoms with Crippen LogP contribution in [-0.4, -0.2) is 27.4 Å². The zero-order valence-electron chi connectivity index (χ0n) is 13.8. The number of carbonyl (C=O) groups excluding carboxylic acids is 1. The topological polar surface area (TPSA) is 61.2 Å². The van der Waals surface area contributed by atoms with Crippen molar-refractivity contribution in [2.24, 2.45) is 5.92 Å². The maximum Gasteiger partial charge on any atom is 0.319 e. The number of thioether (sulfide) groups is 1. The number of aryl methyl sites for hydroxylation is 2. The van der Waals surface area contributed by atoms with E-state index in [1.54, 1.807) is 15.9 Å². The molecule has 0 bridgehead atoms. The van der Waals surface area contributed by atoms with Crippen LogP contribution in [0.15, 0.2) is 9.95 Å². The third-order valence-electron chi connectivity index (χ3n) is 4.47. The Kier molecular flexibility index (Phi) is 4.16. The van der Waals surface area contributed by atoms with Gasteiger partial charge in [-0.2, -0.15) is 0 Å². The molecule has 1 saturated heterocycles. The summed E-state index contributed by atoms with van der Waals surface area (Å²) in [6.07, 6.45) is 3.85. The number of hydrogen-bond donors (Lipinski definition) is 0. The minimum atomic E-state index is -0.250. The van der Waals surface area contributed by atoms with Gasteiger partial charge in [-0.25, -0.2) is 4.98 Å². The fourth-order valence-corrected chi connectivity index (χ4v) is 5.76. The fraction of sp³-hybridized carbons (Fsp3) is 0.588. The van der Waals surface area contributed by atoms with E-state index in [4.69, 9.17) is 9.72 Å². The molecule has 0 saturated carbocycles. The molecule has 24 heavy (non-hydrogen) atoms. The van der Waals surface area contributed by atoms with Crippen LogP contribution in [0.1, 0.15) is 37.1 Å². The van der Waals surface area contributed by atoms with Crippen LogP contribution < -0.4 is 5.56 Å². The minimum Gasteiger partial charge on any atom is -0.465 e. The SMILES string of the molecule is CC(C)Cn1c(S[C@@H]2CCOC2=O)nc2sc3c(c2c1=O)CCC3. The molecule has 3 heterocycles. The van der Waals surface area contributed by atoms with Crippen LogP contribution >= 0.6 is 23.1 Å². The second kappa shape index (κ2) is 6.19. The summed E-state index contributed by atoms with van der Waals surface area (Å²) in [5.74, 6) is 0.141. The van der Waals surface area contributed by atoms with Crippen molar-refractivity contribution in [2.45, 2.75) is 56.5 Å². The standard InChI is InChI=1S/C17H20N2O3S2/c1-9(2)8-19-15(20)13-10-4-3-5-11(10)23-14(13)18-17(19)24-12-6-7-22-16(12)21/h9,12H,3-8H2,1-2H3/t12-/m1/s1. The molecule has 128 valence electrons. The van der Waals surface area contributed by atoms with Gasteiger partial charge in [-0.15, -0.1) is 11.3 Å². The van der Waals surface area contributed by atoms with Crippen molar-refractivity contribution in [2.75, 3.05) is 6.61 Å². The fourth-order valence-electron chi connectivity index (χ4n) is 3.39. The largest absolute Gasteiger partial charge is 0.465 e. The molecule has 2 aromatic heterocycles. The molecule has 0 unspecified atom stereocenters. The number of aromatic nitrogens is 2. The summed E-state index contributed by atoms with van der Waals surface area (Å²) in [5.41, 5.74) is 1.27. The van der Waals surface area contributed by atoms with Gasteiger partial charge in [-0.05, 0) is 30.7 Å². The average molecular weight is 364 g/mol. The molecule has 4 rings (SSSR count). The average Bonchev–Trinajstić information content (AvgIpc) is 3.19. The molecule has 2 aromatic rings. The maximum atomic E-state index is 13.2. The Balaban J connectivity index is 1.84. The lowest BCUT2D eigenvalue weighted by Crippen LogP contribution is -2.26. The van der Waals surface area contributed by atoms with Crippen molar-refractivity contribution < 1.29 is 9.53 Å². The lowest BCUT2D eigenvalue weighted by atomic mass is 10.2. The summed E-state index contributed by atoms with van der Waals surface area (Å²) in [6.45, 7) is 5.26. The third kappa shape index (κ3) is 2.67. The maximum absolute atomic E-state index is 13.2. The van der Waals surface area contributed by atoms with Crippen LogP contribution in [0, 0.1) is 5.92 Å². The highest BCUT2D eigenvalue weighted by Gasteiger charge is 2.30. The van der Waals surface area contributed by atoms with Crippen molar-refractivity contribution in [3.63, 3.8) is 0 Å². The summed E-state index contributed by atoms with van der Waals surface area (Å²) in [4.78, 5) is 31.9. The van der Waals surface area contributed by atoms with Crippen LogP contribution in [0.5, 0.6) is 0 Å². The van der Waals surface area contributed by atoms with Crippen LogP contribution in [0.3, 0.4) is 0 Å². The van der Waals surface area contributed by atoms with E-state index < -0.39 is 0 Å². The smallest absolute Gasteiger partial charge is 0.319 e. The van der Waals surface area contributed by atoms with Crippen LogP contribution in [0.25, 0.3) is 10.2 Å². The second-order valence-electron chi connectivity index (χ2n) is 6.80. The van der Waals surface area contributed by atoms with Crippen molar-refractivity contribution in [1.29, 1.82) is 0 Å². The number of cyclic esters (lactones) is 1. The molecule has 0 N–H and O–H groups in total. The first-order valence-corrected chi connectivity index (χ1v) is 10.1. The lowest BCUT2D eigenvalue weighted by molar-refractivity contribution is -0.137. The first-order valence-electron chi connectivity index (χ1n) is 8.43. The second-order valence-corrected chi connectivity index (χ2v) is 9.06. The normalized spacial score (nSPS) is 20.1. The monoisotopic (exact) mass is 364 g/mol. The molecule has 0 amide bonds. The van der Waals surface area contributed by atoms with E-state index in [2.05, 4.69) is 13.8 Å². The van der Waals surface area contributed by atoms with E-state index in [0.29, 0.717) is 30.6 Å². The van der Waals surface area contributed by atoms with Gasteiger partial charge in [0.2, 0.25) is 0 Å². The predicted molar refractivity (Wildman–Crippen MR) is 96.0 cm³/mol. The Hall–Kier alpha value is -1.34. The molecular formula is C17H20N2O3S2. The Morgan fingerprint density at radius 2 is 2.21 bits per heavy atom. The summed E-state index contributed by atoms with van der Waals surface area (Å²) >= 11 is 3.03. The van der Waals surface area contributed by atoms with Gasteiger partial charge >= 0.3 is 5.97 Å². The van der Waals surface area contributed by atoms with E-state index in [0.717, 1.165) is 29.5 Å². The third-order valence-corrected chi connectivity index (χ3v) is 6.89. The summed E-state index contributed by atoms with van der Waals surface area (Å²) < 4.78 is 6.83. The van der Waals surface area contributed by atoms with Gasteiger partial charge in [0.15, 0.2) is 5.16 Å². The quantitative estimate of drug-likeness (QED) is 0.616. The number of esters is 1. The highest BCUT2D eigenvalue weighted by Crippen LogP contribution is 2.36. The molecule has 0 aromatic carbocycles. The highest BCUT2D eigenvalue weighted by atomic mass is 32.2. The first-order chi connectivity index (χ1) is 11.5. The molecule has 7 heteroatoms. The van der Waals surface area contributed by atoms with Crippen molar-refractivity contribution in [1.82, 2.24) is 9.55 Å². The number of thiophene rings is 1. The number of hydrogen-bond acceptors (Lipinski definition) is 6.